The highest BCUT2D eigenvalue weighted by Crippen LogP contribution is 2.37. The Morgan fingerprint density at radius 1 is 1.38 bits per heavy atom. The van der Waals surface area contributed by atoms with Crippen LogP contribution in [0.4, 0.5) is 0 Å². The third-order valence-electron chi connectivity index (χ3n) is 3.68. The first-order valence-electron chi connectivity index (χ1n) is 7.47. The van der Waals surface area contributed by atoms with Crippen LogP contribution in [0.3, 0.4) is 0 Å². The van der Waals surface area contributed by atoms with Gasteiger partial charge in [-0.25, -0.2) is 4.79 Å². The molecule has 0 aliphatic carbocycles. The van der Waals surface area contributed by atoms with Crippen molar-refractivity contribution in [2.75, 3.05) is 7.11 Å². The van der Waals surface area contributed by atoms with Crippen LogP contribution in [0.5, 0.6) is 5.75 Å². The second-order valence-corrected chi connectivity index (χ2v) is 6.78. The van der Waals surface area contributed by atoms with Crippen molar-refractivity contribution in [3.05, 3.63) is 34.0 Å². The molecule has 1 aromatic carbocycles. The number of ether oxygens (including phenoxy) is 2. The van der Waals surface area contributed by atoms with Crippen LogP contribution in [0, 0.1) is 6.92 Å². The third kappa shape index (κ3) is 3.39. The Morgan fingerprint density at radius 3 is 2.54 bits per heavy atom. The SMILES string of the molecule is COc1cc(Cl)cc(C)c1C1=C(OC(=O)C(C)(C)N)C(C)NC1=O. The van der Waals surface area contributed by atoms with E-state index in [-0.39, 0.29) is 17.2 Å². The molecule has 1 atom stereocenters. The molecule has 1 aromatic rings. The van der Waals surface area contributed by atoms with Crippen molar-refractivity contribution in [3.63, 3.8) is 0 Å². The summed E-state index contributed by atoms with van der Waals surface area (Å²) in [4.78, 5) is 24.6. The minimum atomic E-state index is -1.18. The monoisotopic (exact) mass is 352 g/mol. The lowest BCUT2D eigenvalue weighted by atomic mass is 9.98. The molecule has 24 heavy (non-hydrogen) atoms. The molecule has 1 aliphatic rings. The smallest absolute Gasteiger partial charge is 0.330 e. The number of aryl methyl sites for hydroxylation is 1. The van der Waals surface area contributed by atoms with Crippen LogP contribution >= 0.6 is 11.6 Å². The van der Waals surface area contributed by atoms with Crippen LogP contribution < -0.4 is 15.8 Å². The molecular weight excluding hydrogens is 332 g/mol. The van der Waals surface area contributed by atoms with E-state index in [1.54, 1.807) is 39.8 Å². The van der Waals surface area contributed by atoms with Gasteiger partial charge in [-0.05, 0) is 45.4 Å². The lowest BCUT2D eigenvalue weighted by Gasteiger charge is -2.20. The van der Waals surface area contributed by atoms with E-state index in [0.717, 1.165) is 5.56 Å². The number of rotatable bonds is 4. The minimum Gasteiger partial charge on any atom is -0.496 e. The highest BCUT2D eigenvalue weighted by molar-refractivity contribution is 6.31. The van der Waals surface area contributed by atoms with Gasteiger partial charge in [0.15, 0.2) is 0 Å². The van der Waals surface area contributed by atoms with E-state index < -0.39 is 17.6 Å². The summed E-state index contributed by atoms with van der Waals surface area (Å²) in [6, 6.07) is 2.87. The summed E-state index contributed by atoms with van der Waals surface area (Å²) in [6.45, 7) is 6.62. The molecule has 1 unspecified atom stereocenters. The maximum atomic E-state index is 12.5. The number of hydrogen-bond acceptors (Lipinski definition) is 5. The Bertz CT molecular complexity index is 735. The van der Waals surface area contributed by atoms with E-state index in [1.165, 1.54) is 7.11 Å². The van der Waals surface area contributed by atoms with Gasteiger partial charge in [-0.3, -0.25) is 4.79 Å². The maximum absolute atomic E-state index is 12.5. The van der Waals surface area contributed by atoms with E-state index in [4.69, 9.17) is 26.8 Å². The number of benzene rings is 1. The van der Waals surface area contributed by atoms with Crippen molar-refractivity contribution in [1.82, 2.24) is 5.32 Å². The fourth-order valence-corrected chi connectivity index (χ4v) is 2.73. The lowest BCUT2D eigenvalue weighted by Crippen LogP contribution is -2.43. The number of carbonyl (C=O) groups excluding carboxylic acids is 2. The molecule has 0 saturated carbocycles. The zero-order valence-electron chi connectivity index (χ0n) is 14.3. The summed E-state index contributed by atoms with van der Waals surface area (Å²) in [5.74, 6) is -0.306. The summed E-state index contributed by atoms with van der Waals surface area (Å²) in [7, 11) is 1.49. The number of esters is 1. The normalized spacial score (nSPS) is 17.8. The molecular formula is C17H21ClN2O4. The Morgan fingerprint density at radius 2 is 2.00 bits per heavy atom. The highest BCUT2D eigenvalue weighted by Gasteiger charge is 2.37. The molecule has 0 saturated heterocycles. The molecule has 0 fully saturated rings. The molecule has 0 spiro atoms. The van der Waals surface area contributed by atoms with Crippen LogP contribution in [0.2, 0.25) is 5.02 Å². The Labute approximate surface area is 145 Å². The van der Waals surface area contributed by atoms with Crippen molar-refractivity contribution >= 4 is 29.1 Å². The molecule has 1 aliphatic heterocycles. The average molecular weight is 353 g/mol. The van der Waals surface area contributed by atoms with Gasteiger partial charge in [0.2, 0.25) is 0 Å². The lowest BCUT2D eigenvalue weighted by molar-refractivity contribution is -0.144. The van der Waals surface area contributed by atoms with Crippen LogP contribution in [0.15, 0.2) is 17.9 Å². The third-order valence-corrected chi connectivity index (χ3v) is 3.90. The molecule has 3 N–H and O–H groups in total. The van der Waals surface area contributed by atoms with Gasteiger partial charge in [0.05, 0.1) is 18.7 Å². The fourth-order valence-electron chi connectivity index (χ4n) is 2.46. The molecule has 2 rings (SSSR count). The number of nitrogens with two attached hydrogens (primary N) is 1. The molecule has 130 valence electrons. The van der Waals surface area contributed by atoms with E-state index >= 15 is 0 Å². The predicted octanol–water partition coefficient (Wildman–Crippen LogP) is 2.17. The number of carbonyl (C=O) groups is 2. The van der Waals surface area contributed by atoms with Crippen molar-refractivity contribution in [3.8, 4) is 5.75 Å². The molecule has 0 aromatic heterocycles. The number of amides is 1. The molecule has 6 nitrogen and oxygen atoms in total. The molecule has 0 bridgehead atoms. The number of halogens is 1. The van der Waals surface area contributed by atoms with E-state index in [2.05, 4.69) is 5.32 Å². The van der Waals surface area contributed by atoms with E-state index in [0.29, 0.717) is 16.3 Å². The fraction of sp³-hybridized carbons (Fsp3) is 0.412. The van der Waals surface area contributed by atoms with Gasteiger partial charge in [0.1, 0.15) is 17.0 Å². The molecule has 0 radical (unpaired) electrons. The maximum Gasteiger partial charge on any atom is 0.330 e. The Kier molecular flexibility index (Phi) is 4.92. The predicted molar refractivity (Wildman–Crippen MR) is 91.6 cm³/mol. The Hall–Kier alpha value is -2.05. The largest absolute Gasteiger partial charge is 0.496 e. The number of nitrogens with one attached hydrogen (secondary N) is 1. The molecule has 1 amide bonds. The minimum absolute atomic E-state index is 0.229. The second kappa shape index (κ2) is 6.45. The quantitative estimate of drug-likeness (QED) is 0.810. The van der Waals surface area contributed by atoms with E-state index in [1.807, 2.05) is 0 Å². The van der Waals surface area contributed by atoms with Gasteiger partial charge in [-0.15, -0.1) is 0 Å². The standard InChI is InChI=1S/C17H21ClN2O4/c1-8-6-10(18)7-11(23-5)12(8)13-14(9(2)20-15(13)21)24-16(22)17(3,4)19/h6-7,9H,19H2,1-5H3,(H,20,21). The first-order chi connectivity index (χ1) is 11.1. The average Bonchev–Trinajstić information content (AvgIpc) is 2.72. The molecule has 7 heteroatoms. The summed E-state index contributed by atoms with van der Waals surface area (Å²) in [6.07, 6.45) is 0. The zero-order valence-corrected chi connectivity index (χ0v) is 15.1. The van der Waals surface area contributed by atoms with Gasteiger partial charge in [0, 0.05) is 10.6 Å². The van der Waals surface area contributed by atoms with Crippen molar-refractivity contribution in [2.45, 2.75) is 39.3 Å². The topological polar surface area (TPSA) is 90.7 Å². The zero-order chi connectivity index (χ0) is 18.2. The van der Waals surface area contributed by atoms with Gasteiger partial charge in [0.25, 0.3) is 5.91 Å². The van der Waals surface area contributed by atoms with Crippen molar-refractivity contribution in [1.29, 1.82) is 0 Å². The van der Waals surface area contributed by atoms with Gasteiger partial charge in [-0.1, -0.05) is 11.6 Å². The van der Waals surface area contributed by atoms with Crippen LogP contribution in [-0.2, 0) is 14.3 Å². The number of methoxy groups -OCH3 is 1. The summed E-state index contributed by atoms with van der Waals surface area (Å²) in [5.41, 5.74) is 6.14. The first-order valence-corrected chi connectivity index (χ1v) is 7.84. The first kappa shape index (κ1) is 18.3. The summed E-state index contributed by atoms with van der Waals surface area (Å²) >= 11 is 6.05. The van der Waals surface area contributed by atoms with Gasteiger partial charge in [-0.2, -0.15) is 0 Å². The van der Waals surface area contributed by atoms with Gasteiger partial charge < -0.3 is 20.5 Å². The summed E-state index contributed by atoms with van der Waals surface area (Å²) < 4.78 is 10.8. The van der Waals surface area contributed by atoms with Crippen molar-refractivity contribution in [2.24, 2.45) is 5.73 Å². The van der Waals surface area contributed by atoms with Gasteiger partial charge >= 0.3 is 5.97 Å². The number of hydrogen-bond donors (Lipinski definition) is 2. The van der Waals surface area contributed by atoms with Crippen LogP contribution in [0.1, 0.15) is 31.9 Å². The highest BCUT2D eigenvalue weighted by atomic mass is 35.5. The summed E-state index contributed by atoms with van der Waals surface area (Å²) in [5, 5.41) is 3.23. The molecule has 1 heterocycles. The van der Waals surface area contributed by atoms with Crippen molar-refractivity contribution < 1.29 is 19.1 Å². The van der Waals surface area contributed by atoms with Crippen LogP contribution in [0.25, 0.3) is 5.57 Å². The van der Waals surface area contributed by atoms with Crippen LogP contribution in [-0.4, -0.2) is 30.6 Å². The Balaban J connectivity index is 2.63. The van der Waals surface area contributed by atoms with E-state index in [9.17, 15) is 9.59 Å². The second-order valence-electron chi connectivity index (χ2n) is 6.35.